The zero-order chi connectivity index (χ0) is 31.6. The average Bonchev–Trinajstić information content (AvgIpc) is 3.35. The number of aliphatic hydroxyl groups excluding tert-OH is 2. The van der Waals surface area contributed by atoms with Gasteiger partial charge in [-0.1, -0.05) is 50.0 Å². The fourth-order valence-electron chi connectivity index (χ4n) is 8.26. The van der Waals surface area contributed by atoms with Crippen LogP contribution in [0.3, 0.4) is 0 Å². The van der Waals surface area contributed by atoms with Crippen LogP contribution in [0.5, 0.6) is 0 Å². The van der Waals surface area contributed by atoms with Crippen LogP contribution in [0.1, 0.15) is 88.6 Å². The average molecular weight is 667 g/mol. The van der Waals surface area contributed by atoms with E-state index in [-0.39, 0.29) is 36.5 Å². The summed E-state index contributed by atoms with van der Waals surface area (Å²) < 4.78 is 6.87. The van der Waals surface area contributed by atoms with Gasteiger partial charge in [-0.25, -0.2) is 0 Å². The van der Waals surface area contributed by atoms with Gasteiger partial charge in [-0.2, -0.15) is 5.06 Å². The second-order valence-electron chi connectivity index (χ2n) is 13.6. The van der Waals surface area contributed by atoms with Crippen molar-refractivity contribution in [1.29, 1.82) is 0 Å². The van der Waals surface area contributed by atoms with E-state index in [1.54, 1.807) is 32.2 Å². The zero-order valence-corrected chi connectivity index (χ0v) is 28.4. The molecular weight excluding hydrogens is 614 g/mol. The SMILES string of the molecule is CCCC(c1cc(Br)cc(C(=O)NC)c1)C(CCN1O[C@@H](CO)[C@H]([C@H](C)O)[C@H]1C(=O)N[C@H]1C[C@H]2C[C@H]([C@@H]1C)C2(C)C)OC. The van der Waals surface area contributed by atoms with Gasteiger partial charge in [0.05, 0.1) is 18.8 Å². The molecule has 10 atom stereocenters. The molecular formula is C33H52BrN3O6. The van der Waals surface area contributed by atoms with Crippen LogP contribution in [0.15, 0.2) is 22.7 Å². The van der Waals surface area contributed by atoms with Crippen molar-refractivity contribution in [2.75, 3.05) is 27.3 Å². The van der Waals surface area contributed by atoms with Crippen molar-refractivity contribution in [1.82, 2.24) is 15.7 Å². The quantitative estimate of drug-likeness (QED) is 0.249. The first kappa shape index (κ1) is 34.3. The highest BCUT2D eigenvalue weighted by Gasteiger charge is 2.57. The minimum atomic E-state index is -0.843. The van der Waals surface area contributed by atoms with Gasteiger partial charge in [0.1, 0.15) is 12.1 Å². The van der Waals surface area contributed by atoms with Gasteiger partial charge in [0.25, 0.3) is 5.91 Å². The number of hydrogen-bond donors (Lipinski definition) is 4. The molecule has 1 saturated heterocycles. The first-order chi connectivity index (χ1) is 20.4. The van der Waals surface area contributed by atoms with Crippen LogP contribution < -0.4 is 10.6 Å². The number of halogens is 1. The number of carbonyl (C=O) groups excluding carboxylic acids is 2. The predicted molar refractivity (Wildman–Crippen MR) is 169 cm³/mol. The second-order valence-corrected chi connectivity index (χ2v) is 14.5. The van der Waals surface area contributed by atoms with E-state index >= 15 is 0 Å². The topological polar surface area (TPSA) is 120 Å². The van der Waals surface area contributed by atoms with Gasteiger partial charge in [0.15, 0.2) is 0 Å². The second kappa shape index (κ2) is 14.3. The minimum absolute atomic E-state index is 0.00477. The number of nitrogens with one attached hydrogen (secondary N) is 2. The Hall–Kier alpha value is -1.56. The summed E-state index contributed by atoms with van der Waals surface area (Å²) in [5.41, 5.74) is 1.89. The number of hydroxylamine groups is 2. The van der Waals surface area contributed by atoms with Crippen LogP contribution in [0, 0.1) is 29.1 Å². The lowest BCUT2D eigenvalue weighted by Gasteiger charge is -2.62. The molecule has 1 aromatic rings. The summed E-state index contributed by atoms with van der Waals surface area (Å²) in [6.07, 6.45) is 2.77. The molecule has 4 aliphatic rings. The van der Waals surface area contributed by atoms with Crippen molar-refractivity contribution >= 4 is 27.7 Å². The van der Waals surface area contributed by atoms with Gasteiger partial charge in [-0.3, -0.25) is 14.4 Å². The third kappa shape index (κ3) is 6.99. The highest BCUT2D eigenvalue weighted by atomic mass is 79.9. The molecule has 242 valence electrons. The van der Waals surface area contributed by atoms with Gasteiger partial charge < -0.3 is 25.6 Å². The van der Waals surface area contributed by atoms with Crippen molar-refractivity contribution in [2.24, 2.45) is 29.1 Å². The molecule has 0 radical (unpaired) electrons. The number of nitrogens with zero attached hydrogens (tertiary/aromatic N) is 1. The lowest BCUT2D eigenvalue weighted by Crippen LogP contribution is -2.62. The van der Waals surface area contributed by atoms with Crippen molar-refractivity contribution in [3.8, 4) is 0 Å². The van der Waals surface area contributed by atoms with Crippen LogP contribution >= 0.6 is 15.9 Å². The monoisotopic (exact) mass is 665 g/mol. The Kier molecular flexibility index (Phi) is 11.4. The maximum atomic E-state index is 14.0. The van der Waals surface area contributed by atoms with E-state index in [1.807, 2.05) is 12.1 Å². The number of carbonyl (C=O) groups is 2. The Balaban J connectivity index is 1.53. The predicted octanol–water partition coefficient (Wildman–Crippen LogP) is 4.26. The maximum absolute atomic E-state index is 14.0. The molecule has 4 N–H and O–H groups in total. The first-order valence-electron chi connectivity index (χ1n) is 16.0. The number of amides is 2. The molecule has 4 fully saturated rings. The number of methoxy groups -OCH3 is 1. The highest BCUT2D eigenvalue weighted by molar-refractivity contribution is 9.10. The molecule has 1 heterocycles. The molecule has 2 unspecified atom stereocenters. The molecule has 3 saturated carbocycles. The fourth-order valence-corrected chi connectivity index (χ4v) is 8.77. The first-order valence-corrected chi connectivity index (χ1v) is 16.7. The third-order valence-corrected chi connectivity index (χ3v) is 11.3. The third-order valence-electron chi connectivity index (χ3n) is 10.9. The van der Waals surface area contributed by atoms with E-state index in [9.17, 15) is 19.8 Å². The smallest absolute Gasteiger partial charge is 0.251 e. The summed E-state index contributed by atoms with van der Waals surface area (Å²) in [5.74, 6) is 0.693. The van der Waals surface area contributed by atoms with Crippen molar-refractivity contribution in [3.05, 3.63) is 33.8 Å². The van der Waals surface area contributed by atoms with E-state index in [2.05, 4.69) is 54.3 Å². The van der Waals surface area contributed by atoms with Crippen LogP contribution in [-0.2, 0) is 14.4 Å². The maximum Gasteiger partial charge on any atom is 0.251 e. The standard InChI is InChI=1S/C33H52BrN3O6/c1-8-9-24(20-12-21(31(40)35-6)14-23(34)13-20)27(42-7)10-11-37-30(29(19(3)39)28(17-38)43-37)32(41)36-26-16-22-15-25(18(26)2)33(22,4)5/h12-14,18-19,22,24-30,38-39H,8-11,15-17H2,1-7H3,(H,35,40)(H,36,41)/t18-,19-,22+,24?,25+,26-,27?,28-,29-,30-/m0/s1. The number of rotatable bonds is 13. The molecule has 0 spiro atoms. The van der Waals surface area contributed by atoms with Gasteiger partial charge in [0, 0.05) is 48.6 Å². The van der Waals surface area contributed by atoms with Crippen molar-refractivity contribution in [3.63, 3.8) is 0 Å². The molecule has 9 nitrogen and oxygen atoms in total. The van der Waals surface area contributed by atoms with Crippen LogP contribution in [0.2, 0.25) is 0 Å². The molecule has 1 aliphatic heterocycles. The zero-order valence-electron chi connectivity index (χ0n) is 26.8. The lowest BCUT2D eigenvalue weighted by atomic mass is 9.45. The summed E-state index contributed by atoms with van der Waals surface area (Å²) in [6.45, 7) is 10.8. The Morgan fingerprint density at radius 2 is 1.95 bits per heavy atom. The summed E-state index contributed by atoms with van der Waals surface area (Å²) >= 11 is 3.57. The van der Waals surface area contributed by atoms with Gasteiger partial charge in [-0.05, 0) is 79.5 Å². The Morgan fingerprint density at radius 3 is 2.51 bits per heavy atom. The largest absolute Gasteiger partial charge is 0.394 e. The number of ether oxygens (including phenoxy) is 1. The molecule has 2 amide bonds. The molecule has 2 bridgehead atoms. The summed E-state index contributed by atoms with van der Waals surface area (Å²) in [6, 6.07) is 5.10. The van der Waals surface area contributed by atoms with Crippen LogP contribution in [-0.4, -0.2) is 84.8 Å². The summed E-state index contributed by atoms with van der Waals surface area (Å²) in [7, 11) is 3.30. The highest BCUT2D eigenvalue weighted by Crippen LogP contribution is 2.61. The van der Waals surface area contributed by atoms with Crippen LogP contribution in [0.4, 0.5) is 0 Å². The van der Waals surface area contributed by atoms with Crippen molar-refractivity contribution in [2.45, 2.75) is 103 Å². The number of benzene rings is 1. The van der Waals surface area contributed by atoms with E-state index in [1.165, 1.54) is 6.42 Å². The fraction of sp³-hybridized carbons (Fsp3) is 0.758. The molecule has 1 aromatic carbocycles. The Morgan fingerprint density at radius 1 is 1.23 bits per heavy atom. The number of fused-ring (bicyclic) bond motifs is 2. The number of aliphatic hydroxyl groups is 2. The van der Waals surface area contributed by atoms with E-state index < -0.39 is 24.2 Å². The Bertz CT molecular complexity index is 1130. The minimum Gasteiger partial charge on any atom is -0.394 e. The van der Waals surface area contributed by atoms with Crippen LogP contribution in [0.25, 0.3) is 0 Å². The molecule has 3 aliphatic carbocycles. The van der Waals surface area contributed by atoms with E-state index in [4.69, 9.17) is 9.57 Å². The normalized spacial score (nSPS) is 32.0. The molecule has 0 aromatic heterocycles. The van der Waals surface area contributed by atoms with Gasteiger partial charge in [0.2, 0.25) is 5.91 Å². The lowest BCUT2D eigenvalue weighted by molar-refractivity contribution is -0.181. The Labute approximate surface area is 265 Å². The van der Waals surface area contributed by atoms with Gasteiger partial charge in [-0.15, -0.1) is 0 Å². The molecule has 10 heteroatoms. The molecule has 43 heavy (non-hydrogen) atoms. The van der Waals surface area contributed by atoms with Gasteiger partial charge >= 0.3 is 0 Å². The number of hydrogen-bond acceptors (Lipinski definition) is 7. The van der Waals surface area contributed by atoms with Crippen molar-refractivity contribution < 1.29 is 29.4 Å². The summed E-state index contributed by atoms with van der Waals surface area (Å²) in [4.78, 5) is 32.6. The van der Waals surface area contributed by atoms with E-state index in [0.717, 1.165) is 29.3 Å². The van der Waals surface area contributed by atoms with E-state index in [0.29, 0.717) is 41.7 Å². The molecule has 5 rings (SSSR count). The summed E-state index contributed by atoms with van der Waals surface area (Å²) in [5, 5.41) is 28.6.